The van der Waals surface area contributed by atoms with E-state index in [1.807, 2.05) is 0 Å². The molecule has 0 bridgehead atoms. The van der Waals surface area contributed by atoms with Gasteiger partial charge in [0.05, 0.1) is 6.54 Å². The average molecular weight is 214 g/mol. The van der Waals surface area contributed by atoms with Gasteiger partial charge in [-0.05, 0) is 17.7 Å². The fourth-order valence-electron chi connectivity index (χ4n) is 1.59. The molecule has 1 aliphatic rings. The first kappa shape index (κ1) is 10.0. The average Bonchev–Trinajstić information content (AvgIpc) is 2.60. The van der Waals surface area contributed by atoms with Gasteiger partial charge in [-0.15, -0.1) is 0 Å². The van der Waals surface area contributed by atoms with Crippen molar-refractivity contribution in [1.82, 2.24) is 5.32 Å². The topological polar surface area (TPSA) is 31.2 Å². The summed E-state index contributed by atoms with van der Waals surface area (Å²) in [4.78, 5) is 10.8. The van der Waals surface area contributed by atoms with E-state index >= 15 is 0 Å². The summed E-state index contributed by atoms with van der Waals surface area (Å²) in [5.41, 5.74) is 0.279. The first-order chi connectivity index (χ1) is 7.08. The van der Waals surface area contributed by atoms with Gasteiger partial charge in [0.1, 0.15) is 0 Å². The lowest BCUT2D eigenvalue weighted by molar-refractivity contribution is -0.119. The molecule has 1 aromatic rings. The van der Waals surface area contributed by atoms with Crippen molar-refractivity contribution in [3.8, 4) is 0 Å². The highest BCUT2D eigenvalue weighted by Crippen LogP contribution is 2.26. The molecule has 1 amide bonds. The van der Waals surface area contributed by atoms with Gasteiger partial charge in [0.2, 0.25) is 5.91 Å². The lowest BCUT2D eigenvalue weighted by atomic mass is 9.98. The summed E-state index contributed by atoms with van der Waals surface area (Å²) in [7, 11) is 0. The van der Waals surface area contributed by atoms with Crippen LogP contribution in [0.15, 0.2) is 12.1 Å². The normalized spacial score (nSPS) is 20.5. The van der Waals surface area contributed by atoms with Crippen molar-refractivity contribution in [1.29, 1.82) is 0 Å². The third kappa shape index (κ3) is 1.82. The number of halogens is 3. The molecule has 0 N–H and O–H groups in total. The van der Waals surface area contributed by atoms with E-state index in [4.69, 9.17) is 0 Å². The highest BCUT2D eigenvalue weighted by Gasteiger charge is 2.26. The summed E-state index contributed by atoms with van der Waals surface area (Å²) >= 11 is 0. The molecular formula is C10H7F3NO. The Bertz CT molecular complexity index is 396. The number of amides is 1. The largest absolute Gasteiger partial charge is 0.273 e. The van der Waals surface area contributed by atoms with Crippen molar-refractivity contribution in [2.45, 2.75) is 12.3 Å². The van der Waals surface area contributed by atoms with E-state index in [1.165, 1.54) is 0 Å². The maximum absolute atomic E-state index is 12.9. The minimum Gasteiger partial charge on any atom is -0.273 e. The van der Waals surface area contributed by atoms with Crippen molar-refractivity contribution in [2.24, 2.45) is 0 Å². The smallest absolute Gasteiger partial charge is 0.241 e. The Morgan fingerprint density at radius 3 is 2.27 bits per heavy atom. The Morgan fingerprint density at radius 2 is 1.80 bits per heavy atom. The van der Waals surface area contributed by atoms with Gasteiger partial charge in [0, 0.05) is 12.3 Å². The minimum atomic E-state index is -1.49. The van der Waals surface area contributed by atoms with E-state index in [1.54, 1.807) is 0 Å². The van der Waals surface area contributed by atoms with E-state index in [2.05, 4.69) is 5.32 Å². The van der Waals surface area contributed by atoms with Gasteiger partial charge in [0.25, 0.3) is 0 Å². The van der Waals surface area contributed by atoms with Gasteiger partial charge in [0.15, 0.2) is 17.5 Å². The lowest BCUT2D eigenvalue weighted by Crippen LogP contribution is -2.05. The molecule has 1 unspecified atom stereocenters. The Labute approximate surface area is 84.1 Å². The van der Waals surface area contributed by atoms with Gasteiger partial charge < -0.3 is 0 Å². The number of nitrogens with zero attached hydrogens (tertiary/aromatic N) is 1. The van der Waals surface area contributed by atoms with Crippen LogP contribution in [0.1, 0.15) is 17.9 Å². The zero-order valence-electron chi connectivity index (χ0n) is 7.64. The number of carbonyl (C=O) groups is 1. The molecule has 1 aliphatic heterocycles. The van der Waals surface area contributed by atoms with Crippen LogP contribution < -0.4 is 5.32 Å². The maximum Gasteiger partial charge on any atom is 0.241 e. The van der Waals surface area contributed by atoms with Gasteiger partial charge in [-0.3, -0.25) is 10.1 Å². The van der Waals surface area contributed by atoms with E-state index < -0.39 is 17.5 Å². The molecule has 0 aliphatic carbocycles. The Morgan fingerprint density at radius 1 is 1.20 bits per heavy atom. The van der Waals surface area contributed by atoms with Crippen LogP contribution in [0.25, 0.3) is 0 Å². The fourth-order valence-corrected chi connectivity index (χ4v) is 1.59. The molecule has 1 aromatic carbocycles. The molecule has 2 nitrogen and oxygen atoms in total. The predicted molar refractivity (Wildman–Crippen MR) is 45.7 cm³/mol. The van der Waals surface area contributed by atoms with Crippen LogP contribution in [-0.4, -0.2) is 12.5 Å². The van der Waals surface area contributed by atoms with Gasteiger partial charge in [-0.2, -0.15) is 0 Å². The van der Waals surface area contributed by atoms with Crippen molar-refractivity contribution >= 4 is 5.91 Å². The fraction of sp³-hybridized carbons (Fsp3) is 0.300. The monoisotopic (exact) mass is 214 g/mol. The van der Waals surface area contributed by atoms with E-state index in [-0.39, 0.29) is 30.4 Å². The van der Waals surface area contributed by atoms with E-state index in [9.17, 15) is 18.0 Å². The van der Waals surface area contributed by atoms with Gasteiger partial charge in [-0.1, -0.05) is 0 Å². The van der Waals surface area contributed by atoms with E-state index in [0.717, 1.165) is 12.1 Å². The molecule has 1 fully saturated rings. The maximum atomic E-state index is 12.9. The Balaban J connectivity index is 2.33. The third-order valence-electron chi connectivity index (χ3n) is 2.39. The highest BCUT2D eigenvalue weighted by molar-refractivity contribution is 5.79. The number of carbonyl (C=O) groups excluding carboxylic acids is 1. The van der Waals surface area contributed by atoms with Gasteiger partial charge in [-0.25, -0.2) is 13.2 Å². The molecule has 1 radical (unpaired) electrons. The number of hydrogen-bond donors (Lipinski definition) is 0. The van der Waals surface area contributed by atoms with Crippen LogP contribution in [0.2, 0.25) is 0 Å². The zero-order chi connectivity index (χ0) is 11.0. The van der Waals surface area contributed by atoms with Crippen molar-refractivity contribution in [3.05, 3.63) is 35.1 Å². The lowest BCUT2D eigenvalue weighted by Gasteiger charge is -2.07. The standard InChI is InChI=1S/C10H7F3NO/c11-7-1-5(2-8(12)10(7)13)6-3-9(15)14-4-6/h1-2,6H,3-4H2. The molecule has 5 heteroatoms. The van der Waals surface area contributed by atoms with Crippen LogP contribution in [0.4, 0.5) is 13.2 Å². The second kappa shape index (κ2) is 3.56. The SMILES string of the molecule is O=C1CC(c2cc(F)c(F)c(F)c2)C[N]1. The zero-order valence-corrected chi connectivity index (χ0v) is 7.64. The summed E-state index contributed by atoms with van der Waals surface area (Å²) in [6.07, 6.45) is 0.129. The molecule has 15 heavy (non-hydrogen) atoms. The summed E-state index contributed by atoms with van der Waals surface area (Å²) in [6, 6.07) is 1.83. The predicted octanol–water partition coefficient (Wildman–Crippen LogP) is 1.72. The number of hydrogen-bond acceptors (Lipinski definition) is 1. The molecule has 79 valence electrons. The quantitative estimate of drug-likeness (QED) is 0.655. The minimum absolute atomic E-state index is 0.129. The molecular weight excluding hydrogens is 207 g/mol. The molecule has 1 atom stereocenters. The highest BCUT2D eigenvalue weighted by atomic mass is 19.2. The first-order valence-corrected chi connectivity index (χ1v) is 4.42. The summed E-state index contributed by atoms with van der Waals surface area (Å²) in [6.45, 7) is 0.212. The Hall–Kier alpha value is -1.52. The van der Waals surface area contributed by atoms with Crippen molar-refractivity contribution < 1.29 is 18.0 Å². The van der Waals surface area contributed by atoms with Crippen LogP contribution in [0.3, 0.4) is 0 Å². The molecule has 2 rings (SSSR count). The summed E-state index contributed by atoms with van der Waals surface area (Å²) < 4.78 is 38.4. The molecule has 1 saturated heterocycles. The Kier molecular flexibility index (Phi) is 2.38. The number of benzene rings is 1. The van der Waals surface area contributed by atoms with Crippen LogP contribution in [-0.2, 0) is 4.79 Å². The summed E-state index contributed by atoms with van der Waals surface area (Å²) in [5.74, 6) is -4.57. The van der Waals surface area contributed by atoms with Gasteiger partial charge >= 0.3 is 0 Å². The molecule has 0 saturated carbocycles. The van der Waals surface area contributed by atoms with Crippen LogP contribution >= 0.6 is 0 Å². The molecule has 0 aromatic heterocycles. The second-order valence-electron chi connectivity index (χ2n) is 3.43. The molecule has 0 spiro atoms. The van der Waals surface area contributed by atoms with Crippen molar-refractivity contribution in [2.75, 3.05) is 6.54 Å². The van der Waals surface area contributed by atoms with Crippen LogP contribution in [0.5, 0.6) is 0 Å². The van der Waals surface area contributed by atoms with Crippen LogP contribution in [0, 0.1) is 17.5 Å². The third-order valence-corrected chi connectivity index (χ3v) is 2.39. The molecule has 1 heterocycles. The first-order valence-electron chi connectivity index (χ1n) is 4.42. The summed E-state index contributed by atoms with van der Waals surface area (Å²) in [5, 5.41) is 3.60. The van der Waals surface area contributed by atoms with Crippen molar-refractivity contribution in [3.63, 3.8) is 0 Å². The number of rotatable bonds is 1. The van der Waals surface area contributed by atoms with E-state index in [0.29, 0.717) is 0 Å². The second-order valence-corrected chi connectivity index (χ2v) is 3.43.